The van der Waals surface area contributed by atoms with Crippen molar-refractivity contribution in [3.8, 4) is 11.3 Å². The Balaban J connectivity index is 1.79. The molecule has 4 rings (SSSR count). The van der Waals surface area contributed by atoms with Crippen molar-refractivity contribution < 1.29 is 4.42 Å². The molecule has 0 unspecified atom stereocenters. The fourth-order valence-corrected chi connectivity index (χ4v) is 2.40. The minimum atomic E-state index is 0.823. The summed E-state index contributed by atoms with van der Waals surface area (Å²) < 4.78 is 5.66. The van der Waals surface area contributed by atoms with Crippen molar-refractivity contribution in [2.45, 2.75) is 0 Å². The second-order valence-electron chi connectivity index (χ2n) is 4.82. The van der Waals surface area contributed by atoms with Gasteiger partial charge in [-0.3, -0.25) is 0 Å². The summed E-state index contributed by atoms with van der Waals surface area (Å²) >= 11 is 0. The number of hydrogen-bond donors (Lipinski definition) is 0. The number of nitrogens with zero attached hydrogens (tertiary/aromatic N) is 2. The average Bonchev–Trinajstić information content (AvgIpc) is 2.97. The molecule has 100 valence electrons. The van der Waals surface area contributed by atoms with Crippen LogP contribution in [0.4, 0.5) is 0 Å². The van der Waals surface area contributed by atoms with Gasteiger partial charge in [0.25, 0.3) is 0 Å². The first-order chi connectivity index (χ1) is 10.4. The Morgan fingerprint density at radius 2 is 1.62 bits per heavy atom. The summed E-state index contributed by atoms with van der Waals surface area (Å²) in [6.07, 6.45) is 5.72. The quantitative estimate of drug-likeness (QED) is 0.539. The van der Waals surface area contributed by atoms with Crippen molar-refractivity contribution in [1.82, 2.24) is 10.2 Å². The van der Waals surface area contributed by atoms with E-state index in [1.807, 2.05) is 54.6 Å². The monoisotopic (exact) mass is 272 g/mol. The van der Waals surface area contributed by atoms with Crippen LogP contribution < -0.4 is 0 Å². The molecular weight excluding hydrogens is 260 g/mol. The first-order valence-electron chi connectivity index (χ1n) is 6.77. The van der Waals surface area contributed by atoms with E-state index in [1.165, 1.54) is 0 Å². The summed E-state index contributed by atoms with van der Waals surface area (Å²) in [5.74, 6) is 0. The van der Waals surface area contributed by atoms with E-state index in [9.17, 15) is 0 Å². The molecule has 0 fully saturated rings. The number of fused-ring (bicyclic) bond motifs is 3. The van der Waals surface area contributed by atoms with Crippen LogP contribution in [0.25, 0.3) is 34.4 Å². The number of para-hydroxylation sites is 1. The molecule has 0 atom stereocenters. The van der Waals surface area contributed by atoms with Crippen molar-refractivity contribution in [2.24, 2.45) is 0 Å². The van der Waals surface area contributed by atoms with E-state index in [0.29, 0.717) is 0 Å². The molecule has 3 nitrogen and oxygen atoms in total. The molecule has 2 aromatic rings. The van der Waals surface area contributed by atoms with Crippen molar-refractivity contribution >= 4 is 23.1 Å². The summed E-state index contributed by atoms with van der Waals surface area (Å²) in [4.78, 5) is 0. The molecule has 2 aliphatic rings. The topological polar surface area (TPSA) is 38.9 Å². The van der Waals surface area contributed by atoms with Gasteiger partial charge in [0.05, 0.1) is 11.3 Å². The van der Waals surface area contributed by atoms with Gasteiger partial charge in [0.1, 0.15) is 17.5 Å². The van der Waals surface area contributed by atoms with Gasteiger partial charge >= 0.3 is 0 Å². The summed E-state index contributed by atoms with van der Waals surface area (Å²) in [5.41, 5.74) is 4.59. The Labute approximate surface area is 121 Å². The van der Waals surface area contributed by atoms with Crippen LogP contribution in [0.15, 0.2) is 65.3 Å². The van der Waals surface area contributed by atoms with E-state index in [4.69, 9.17) is 4.42 Å². The smallest absolute Gasteiger partial charge is 0.136 e. The van der Waals surface area contributed by atoms with Crippen molar-refractivity contribution in [2.75, 3.05) is 0 Å². The lowest BCUT2D eigenvalue weighted by atomic mass is 10.1. The lowest BCUT2D eigenvalue weighted by Crippen LogP contribution is -1.81. The average molecular weight is 272 g/mol. The van der Waals surface area contributed by atoms with Gasteiger partial charge in [0, 0.05) is 5.39 Å². The molecule has 2 aromatic carbocycles. The molecule has 2 heterocycles. The Morgan fingerprint density at radius 3 is 2.52 bits per heavy atom. The molecule has 0 radical (unpaired) electrons. The second kappa shape index (κ2) is 4.87. The third-order valence-electron chi connectivity index (χ3n) is 3.47. The van der Waals surface area contributed by atoms with Gasteiger partial charge in [-0.05, 0) is 23.8 Å². The maximum absolute atomic E-state index is 5.66. The minimum Gasteiger partial charge on any atom is -0.463 e. The molecule has 0 saturated carbocycles. The van der Waals surface area contributed by atoms with Crippen LogP contribution in [0.3, 0.4) is 0 Å². The normalized spacial score (nSPS) is 11.6. The Hall–Kier alpha value is -2.94. The number of aromatic nitrogens is 2. The Morgan fingerprint density at radius 1 is 0.810 bits per heavy atom. The molecule has 3 heteroatoms. The highest BCUT2D eigenvalue weighted by Crippen LogP contribution is 2.31. The molecule has 0 aliphatic carbocycles. The lowest BCUT2D eigenvalue weighted by molar-refractivity contribution is 0.605. The first kappa shape index (κ1) is 11.9. The van der Waals surface area contributed by atoms with Crippen LogP contribution in [0.5, 0.6) is 0 Å². The van der Waals surface area contributed by atoms with Gasteiger partial charge in [-0.25, -0.2) is 0 Å². The second-order valence-corrected chi connectivity index (χ2v) is 4.82. The van der Waals surface area contributed by atoms with E-state index in [-0.39, 0.29) is 0 Å². The van der Waals surface area contributed by atoms with E-state index in [2.05, 4.69) is 22.3 Å². The molecule has 2 aliphatic heterocycles. The Bertz CT molecular complexity index is 894. The van der Waals surface area contributed by atoms with Gasteiger partial charge in [0.2, 0.25) is 0 Å². The van der Waals surface area contributed by atoms with Crippen LogP contribution in [-0.2, 0) is 0 Å². The third kappa shape index (κ3) is 2.09. The molecule has 21 heavy (non-hydrogen) atoms. The minimum absolute atomic E-state index is 0.823. The standard InChI is InChI=1S/C18H12N2O/c1-2-6-13(7-3-1)10-11-16-15-12-21-17-9-5-4-8-14(17)18(15)20-19-16/h1-12H. The predicted octanol–water partition coefficient (Wildman–Crippen LogP) is 4.50. The zero-order chi connectivity index (χ0) is 14.1. The zero-order valence-electron chi connectivity index (χ0n) is 11.2. The maximum atomic E-state index is 5.66. The van der Waals surface area contributed by atoms with E-state index in [0.717, 1.165) is 33.5 Å². The lowest BCUT2D eigenvalue weighted by Gasteiger charge is -2.01. The third-order valence-corrected chi connectivity index (χ3v) is 3.47. The van der Waals surface area contributed by atoms with Crippen LogP contribution >= 0.6 is 0 Å². The van der Waals surface area contributed by atoms with Crippen LogP contribution in [0.2, 0.25) is 0 Å². The fraction of sp³-hybridized carbons (Fsp3) is 0. The highest BCUT2D eigenvalue weighted by molar-refractivity contribution is 5.94. The maximum Gasteiger partial charge on any atom is 0.136 e. The van der Waals surface area contributed by atoms with Gasteiger partial charge in [-0.2, -0.15) is 0 Å². The van der Waals surface area contributed by atoms with E-state index in [1.54, 1.807) is 6.26 Å². The van der Waals surface area contributed by atoms with E-state index >= 15 is 0 Å². The number of benzene rings is 2. The Kier molecular flexibility index (Phi) is 2.75. The van der Waals surface area contributed by atoms with Gasteiger partial charge in [-0.15, -0.1) is 10.2 Å². The molecular formula is C18H12N2O. The van der Waals surface area contributed by atoms with Crippen molar-refractivity contribution in [3.05, 3.63) is 72.1 Å². The molecule has 0 saturated heterocycles. The largest absolute Gasteiger partial charge is 0.463 e. The molecule has 0 aromatic heterocycles. The molecule has 0 spiro atoms. The van der Waals surface area contributed by atoms with Gasteiger partial charge < -0.3 is 4.42 Å². The van der Waals surface area contributed by atoms with Crippen LogP contribution in [0, 0.1) is 0 Å². The molecule has 0 bridgehead atoms. The number of rotatable bonds is 2. The SMILES string of the molecule is C(=Cc1nnc2c3ccccc3occ1-2)c1ccccc1. The van der Waals surface area contributed by atoms with E-state index < -0.39 is 0 Å². The fourth-order valence-electron chi connectivity index (χ4n) is 2.40. The van der Waals surface area contributed by atoms with Crippen LogP contribution in [-0.4, -0.2) is 10.2 Å². The van der Waals surface area contributed by atoms with Crippen molar-refractivity contribution in [1.29, 1.82) is 0 Å². The summed E-state index contributed by atoms with van der Waals surface area (Å²) in [5, 5.41) is 9.55. The van der Waals surface area contributed by atoms with Crippen LogP contribution in [0.1, 0.15) is 11.3 Å². The van der Waals surface area contributed by atoms with Gasteiger partial charge in [0.15, 0.2) is 0 Å². The molecule has 0 N–H and O–H groups in total. The predicted molar refractivity (Wildman–Crippen MR) is 83.8 cm³/mol. The van der Waals surface area contributed by atoms with Crippen molar-refractivity contribution in [3.63, 3.8) is 0 Å². The highest BCUT2D eigenvalue weighted by Gasteiger charge is 2.15. The van der Waals surface area contributed by atoms with Gasteiger partial charge in [-0.1, -0.05) is 48.5 Å². The summed E-state index contributed by atoms with van der Waals surface area (Å²) in [6, 6.07) is 18.0. The summed E-state index contributed by atoms with van der Waals surface area (Å²) in [7, 11) is 0. The highest BCUT2D eigenvalue weighted by atomic mass is 16.3. The molecule has 0 amide bonds. The first-order valence-corrected chi connectivity index (χ1v) is 6.77. The number of hydrogen-bond acceptors (Lipinski definition) is 3. The summed E-state index contributed by atoms with van der Waals surface area (Å²) in [6.45, 7) is 0. The zero-order valence-corrected chi connectivity index (χ0v) is 11.2.